The summed E-state index contributed by atoms with van der Waals surface area (Å²) in [6, 6.07) is 7.62. The number of rotatable bonds is 9. The summed E-state index contributed by atoms with van der Waals surface area (Å²) in [7, 11) is -1.30. The molecule has 0 aliphatic carbocycles. The lowest BCUT2D eigenvalue weighted by Gasteiger charge is -2.34. The smallest absolute Gasteiger partial charge is 0.232 e. The molecule has 152 valence electrons. The van der Waals surface area contributed by atoms with E-state index in [0.717, 1.165) is 44.7 Å². The Hall–Kier alpha value is -1.80. The Morgan fingerprint density at radius 2 is 1.78 bits per heavy atom. The molecule has 0 bridgehead atoms. The normalized spacial score (nSPS) is 15.6. The molecule has 1 aromatic rings. The standard InChI is InChI=1S/C19H32N4O3S/c1-4-5-6-19(24)20-11-12-23(27(3,25)26)18-9-7-17(8-10-18)22-15-13-21(2)14-16-22/h7-10H,4-6,11-16H2,1-3H3,(H,20,24). The lowest BCUT2D eigenvalue weighted by atomic mass is 10.2. The van der Waals surface area contributed by atoms with Gasteiger partial charge in [-0.3, -0.25) is 9.10 Å². The van der Waals surface area contributed by atoms with Gasteiger partial charge in [-0.15, -0.1) is 0 Å². The summed E-state index contributed by atoms with van der Waals surface area (Å²) in [6.07, 6.45) is 3.48. The highest BCUT2D eigenvalue weighted by molar-refractivity contribution is 7.92. The number of nitrogens with one attached hydrogen (secondary N) is 1. The summed E-state index contributed by atoms with van der Waals surface area (Å²) >= 11 is 0. The quantitative estimate of drug-likeness (QED) is 0.685. The molecule has 0 spiro atoms. The first-order valence-electron chi connectivity index (χ1n) is 9.59. The zero-order valence-corrected chi connectivity index (χ0v) is 17.5. The van der Waals surface area contributed by atoms with Crippen molar-refractivity contribution in [1.29, 1.82) is 0 Å². The van der Waals surface area contributed by atoms with Gasteiger partial charge in [-0.25, -0.2) is 8.42 Å². The molecule has 0 saturated carbocycles. The van der Waals surface area contributed by atoms with E-state index in [2.05, 4.69) is 22.2 Å². The van der Waals surface area contributed by atoms with Gasteiger partial charge in [0.25, 0.3) is 0 Å². The van der Waals surface area contributed by atoms with Crippen LogP contribution in [0.2, 0.25) is 0 Å². The second kappa shape index (κ2) is 9.94. The van der Waals surface area contributed by atoms with Crippen molar-refractivity contribution in [3.63, 3.8) is 0 Å². The second-order valence-corrected chi connectivity index (χ2v) is 9.00. The van der Waals surface area contributed by atoms with Gasteiger partial charge in [0.1, 0.15) is 0 Å². The van der Waals surface area contributed by atoms with Crippen LogP contribution in [0.25, 0.3) is 0 Å². The molecule has 1 fully saturated rings. The number of nitrogens with zero attached hydrogens (tertiary/aromatic N) is 3. The molecular weight excluding hydrogens is 364 g/mol. The highest BCUT2D eigenvalue weighted by atomic mass is 32.2. The molecule has 1 aromatic carbocycles. The van der Waals surface area contributed by atoms with E-state index in [0.29, 0.717) is 18.7 Å². The third-order valence-corrected chi connectivity index (χ3v) is 5.99. The first kappa shape index (κ1) is 21.5. The average Bonchev–Trinajstić information content (AvgIpc) is 2.63. The molecule has 0 radical (unpaired) electrons. The fourth-order valence-electron chi connectivity index (χ4n) is 3.10. The minimum Gasteiger partial charge on any atom is -0.369 e. The molecule has 0 atom stereocenters. The van der Waals surface area contributed by atoms with Crippen LogP contribution in [0.4, 0.5) is 11.4 Å². The summed E-state index contributed by atoms with van der Waals surface area (Å²) in [4.78, 5) is 16.3. The number of unbranched alkanes of at least 4 members (excludes halogenated alkanes) is 1. The SMILES string of the molecule is CCCCC(=O)NCCN(c1ccc(N2CCN(C)CC2)cc1)S(C)(=O)=O. The van der Waals surface area contributed by atoms with E-state index in [1.165, 1.54) is 10.6 Å². The number of anilines is 2. The zero-order valence-electron chi connectivity index (χ0n) is 16.6. The molecular formula is C19H32N4O3S. The molecule has 1 aliphatic rings. The van der Waals surface area contributed by atoms with Gasteiger partial charge in [-0.05, 0) is 37.7 Å². The average molecular weight is 397 g/mol. The zero-order chi connectivity index (χ0) is 19.9. The predicted molar refractivity (Wildman–Crippen MR) is 111 cm³/mol. The van der Waals surface area contributed by atoms with Gasteiger partial charge in [0, 0.05) is 44.8 Å². The van der Waals surface area contributed by atoms with E-state index < -0.39 is 10.0 Å². The van der Waals surface area contributed by atoms with E-state index in [4.69, 9.17) is 0 Å². The van der Waals surface area contributed by atoms with Crippen molar-refractivity contribution in [3.8, 4) is 0 Å². The Kier molecular flexibility index (Phi) is 7.91. The van der Waals surface area contributed by atoms with Crippen molar-refractivity contribution in [2.24, 2.45) is 0 Å². The van der Waals surface area contributed by atoms with Crippen LogP contribution in [0.5, 0.6) is 0 Å². The van der Waals surface area contributed by atoms with E-state index in [1.54, 1.807) is 0 Å². The lowest BCUT2D eigenvalue weighted by molar-refractivity contribution is -0.121. The Labute approximate surface area is 163 Å². The Morgan fingerprint density at radius 3 is 2.33 bits per heavy atom. The van der Waals surface area contributed by atoms with Gasteiger partial charge in [0.2, 0.25) is 15.9 Å². The van der Waals surface area contributed by atoms with Crippen molar-refractivity contribution in [3.05, 3.63) is 24.3 Å². The van der Waals surface area contributed by atoms with Crippen molar-refractivity contribution in [2.45, 2.75) is 26.2 Å². The number of piperazine rings is 1. The maximum absolute atomic E-state index is 12.2. The molecule has 1 saturated heterocycles. The van der Waals surface area contributed by atoms with Crippen LogP contribution in [0.3, 0.4) is 0 Å². The molecule has 1 aliphatic heterocycles. The van der Waals surface area contributed by atoms with Gasteiger partial charge in [-0.2, -0.15) is 0 Å². The first-order chi connectivity index (χ1) is 12.8. The number of carbonyl (C=O) groups is 1. The van der Waals surface area contributed by atoms with E-state index in [-0.39, 0.29) is 12.5 Å². The number of hydrogen-bond donors (Lipinski definition) is 1. The molecule has 1 heterocycles. The Balaban J connectivity index is 1.99. The largest absolute Gasteiger partial charge is 0.369 e. The van der Waals surface area contributed by atoms with Gasteiger partial charge in [0.05, 0.1) is 18.5 Å². The van der Waals surface area contributed by atoms with Crippen molar-refractivity contribution in [2.75, 3.05) is 61.8 Å². The summed E-state index contributed by atoms with van der Waals surface area (Å²) < 4.78 is 25.7. The monoisotopic (exact) mass is 396 g/mol. The second-order valence-electron chi connectivity index (χ2n) is 7.10. The van der Waals surface area contributed by atoms with Gasteiger partial charge < -0.3 is 15.1 Å². The number of benzene rings is 1. The van der Waals surface area contributed by atoms with Crippen LogP contribution < -0.4 is 14.5 Å². The van der Waals surface area contributed by atoms with Crippen LogP contribution >= 0.6 is 0 Å². The number of carbonyl (C=O) groups excluding carboxylic acids is 1. The number of hydrogen-bond acceptors (Lipinski definition) is 5. The van der Waals surface area contributed by atoms with E-state index >= 15 is 0 Å². The maximum atomic E-state index is 12.2. The number of amides is 1. The van der Waals surface area contributed by atoms with Crippen LogP contribution in [-0.4, -0.2) is 71.8 Å². The molecule has 8 heteroatoms. The van der Waals surface area contributed by atoms with E-state index in [9.17, 15) is 13.2 Å². The molecule has 27 heavy (non-hydrogen) atoms. The van der Waals surface area contributed by atoms with Crippen LogP contribution in [0, 0.1) is 0 Å². The third-order valence-electron chi connectivity index (χ3n) is 4.80. The highest BCUT2D eigenvalue weighted by Crippen LogP contribution is 2.23. The fourth-order valence-corrected chi connectivity index (χ4v) is 4.03. The van der Waals surface area contributed by atoms with Gasteiger partial charge in [-0.1, -0.05) is 13.3 Å². The molecule has 2 rings (SSSR count). The van der Waals surface area contributed by atoms with Crippen molar-refractivity contribution >= 4 is 27.3 Å². The minimum absolute atomic E-state index is 0.0317. The maximum Gasteiger partial charge on any atom is 0.232 e. The Morgan fingerprint density at radius 1 is 1.15 bits per heavy atom. The van der Waals surface area contributed by atoms with Crippen LogP contribution in [0.15, 0.2) is 24.3 Å². The topological polar surface area (TPSA) is 73.0 Å². The summed E-state index contributed by atoms with van der Waals surface area (Å²) in [5.74, 6) is -0.0317. The summed E-state index contributed by atoms with van der Waals surface area (Å²) in [6.45, 7) is 6.54. The van der Waals surface area contributed by atoms with Crippen LogP contribution in [0.1, 0.15) is 26.2 Å². The predicted octanol–water partition coefficient (Wildman–Crippen LogP) is 1.51. The van der Waals surface area contributed by atoms with Gasteiger partial charge in [0.15, 0.2) is 0 Å². The first-order valence-corrected chi connectivity index (χ1v) is 11.4. The lowest BCUT2D eigenvalue weighted by Crippen LogP contribution is -2.44. The molecule has 1 N–H and O–H groups in total. The van der Waals surface area contributed by atoms with Gasteiger partial charge >= 0.3 is 0 Å². The summed E-state index contributed by atoms with van der Waals surface area (Å²) in [5, 5.41) is 2.80. The highest BCUT2D eigenvalue weighted by Gasteiger charge is 2.19. The molecule has 7 nitrogen and oxygen atoms in total. The van der Waals surface area contributed by atoms with Crippen molar-refractivity contribution < 1.29 is 13.2 Å². The minimum atomic E-state index is -3.42. The number of sulfonamides is 1. The molecule has 1 amide bonds. The third kappa shape index (κ3) is 6.70. The number of likely N-dealkylation sites (N-methyl/N-ethyl adjacent to an activating group) is 1. The molecule has 0 aromatic heterocycles. The fraction of sp³-hybridized carbons (Fsp3) is 0.632. The summed E-state index contributed by atoms with van der Waals surface area (Å²) in [5.41, 5.74) is 1.73. The molecule has 0 unspecified atom stereocenters. The van der Waals surface area contributed by atoms with Crippen LogP contribution in [-0.2, 0) is 14.8 Å². The Bertz CT molecular complexity index is 698. The van der Waals surface area contributed by atoms with Crippen molar-refractivity contribution in [1.82, 2.24) is 10.2 Å². The van der Waals surface area contributed by atoms with E-state index in [1.807, 2.05) is 31.2 Å².